The fourth-order valence-corrected chi connectivity index (χ4v) is 2.77. The van der Waals surface area contributed by atoms with Gasteiger partial charge in [0, 0.05) is 0 Å². The second-order valence-corrected chi connectivity index (χ2v) is 6.00. The van der Waals surface area contributed by atoms with Crippen LogP contribution in [0.1, 0.15) is 23.3 Å². The number of rotatable bonds is 2. The molecule has 1 heterocycles. The minimum absolute atomic E-state index is 1.29. The molecule has 160 valence electrons. The summed E-state index contributed by atoms with van der Waals surface area (Å²) in [5.74, 6) is -26.7. The van der Waals surface area contributed by atoms with E-state index in [1.807, 2.05) is 0 Å². The highest BCUT2D eigenvalue weighted by Crippen LogP contribution is 2.39. The predicted molar refractivity (Wildman–Crippen MR) is 77.7 cm³/mol. The number of cyclic esters (lactones) is 1. The summed E-state index contributed by atoms with van der Waals surface area (Å²) < 4.78 is 144. The van der Waals surface area contributed by atoms with Gasteiger partial charge in [-0.2, -0.15) is 0 Å². The van der Waals surface area contributed by atoms with Crippen molar-refractivity contribution < 1.29 is 58.2 Å². The Morgan fingerprint density at radius 1 is 0.500 bits per heavy atom. The van der Waals surface area contributed by atoms with E-state index in [2.05, 4.69) is 21.7 Å². The van der Waals surface area contributed by atoms with Gasteiger partial charge in [-0.1, -0.05) is 0 Å². The molecule has 0 N–H and O–H groups in total. The Bertz CT molecular complexity index is 974. The van der Waals surface area contributed by atoms with Crippen molar-refractivity contribution in [3.63, 3.8) is 0 Å². The van der Waals surface area contributed by atoms with Crippen LogP contribution in [0.3, 0.4) is 0 Å². The van der Waals surface area contributed by atoms with Crippen molar-refractivity contribution in [1.29, 1.82) is 0 Å². The number of hydrogen-bond donors (Lipinski definition) is 0. The van der Waals surface area contributed by atoms with E-state index < -0.39 is 92.5 Å². The number of carbonyl (C=O) groups excluding carboxylic acids is 1. The smallest absolute Gasteiger partial charge is 0.353 e. The number of carbonyl (C=O) groups is 1. The van der Waals surface area contributed by atoms with Crippen LogP contribution in [0.5, 0.6) is 0 Å². The first-order chi connectivity index (χ1) is 13.9. The van der Waals surface area contributed by atoms with Gasteiger partial charge in [-0.05, 0) is 12.2 Å². The molecule has 0 amide bonds. The fraction of sp³-hybridized carbons (Fsp3) is 0.125. The Kier molecular flexibility index (Phi) is 5.39. The van der Waals surface area contributed by atoms with Crippen LogP contribution in [0, 0.1) is 58.2 Å². The van der Waals surface area contributed by atoms with Crippen LogP contribution in [-0.4, -0.2) is 11.0 Å². The molecule has 0 radical (unpaired) electrons. The molecular formula is C16H2F10O3S. The molecular weight excluding hydrogens is 462 g/mol. The molecule has 2 aromatic carbocycles. The van der Waals surface area contributed by atoms with E-state index >= 15 is 0 Å². The molecule has 3 nitrogen and oxygen atoms in total. The summed E-state index contributed by atoms with van der Waals surface area (Å²) >= 11 is 4.48. The van der Waals surface area contributed by atoms with Crippen molar-refractivity contribution in [3.05, 3.63) is 69.3 Å². The minimum Gasteiger partial charge on any atom is -0.463 e. The molecule has 1 aliphatic heterocycles. The predicted octanol–water partition coefficient (Wildman–Crippen LogP) is 4.76. The lowest BCUT2D eigenvalue weighted by atomic mass is 10.0. The van der Waals surface area contributed by atoms with Crippen molar-refractivity contribution in [2.75, 3.05) is 0 Å². The molecule has 0 aliphatic carbocycles. The van der Waals surface area contributed by atoms with Crippen LogP contribution in [-0.2, 0) is 14.3 Å². The molecule has 14 heteroatoms. The maximum absolute atomic E-state index is 13.9. The number of thiocarbonyl (C=S) groups is 1. The number of ether oxygens (including phenoxy) is 2. The Hall–Kier alpha value is -2.90. The Labute approximate surface area is 163 Å². The van der Waals surface area contributed by atoms with Gasteiger partial charge in [0.15, 0.2) is 46.5 Å². The molecule has 0 saturated carbocycles. The van der Waals surface area contributed by atoms with Crippen molar-refractivity contribution in [2.24, 2.45) is 0 Å². The SMILES string of the molecule is O=C1OC(c2c(F)c(F)c(F)c(F)c2F)C(=S)OC1c1c(F)c(F)c(F)c(F)c1F. The molecule has 0 aromatic heterocycles. The number of benzene rings is 2. The summed E-state index contributed by atoms with van der Waals surface area (Å²) in [5.41, 5.74) is -3.60. The summed E-state index contributed by atoms with van der Waals surface area (Å²) in [4.78, 5) is 12.0. The molecule has 1 fully saturated rings. The second-order valence-electron chi connectivity index (χ2n) is 5.60. The van der Waals surface area contributed by atoms with Gasteiger partial charge in [0.05, 0.1) is 11.1 Å². The fourth-order valence-electron chi connectivity index (χ4n) is 2.51. The van der Waals surface area contributed by atoms with E-state index in [0.29, 0.717) is 0 Å². The van der Waals surface area contributed by atoms with E-state index in [4.69, 9.17) is 0 Å². The molecule has 2 aromatic rings. The maximum Gasteiger partial charge on any atom is 0.353 e. The zero-order valence-corrected chi connectivity index (χ0v) is 14.4. The largest absolute Gasteiger partial charge is 0.463 e. The molecule has 1 aliphatic rings. The van der Waals surface area contributed by atoms with Crippen molar-refractivity contribution in [2.45, 2.75) is 12.2 Å². The van der Waals surface area contributed by atoms with E-state index in [1.165, 1.54) is 0 Å². The quantitative estimate of drug-likeness (QED) is 0.211. The summed E-state index contributed by atoms with van der Waals surface area (Å²) in [7, 11) is 0. The summed E-state index contributed by atoms with van der Waals surface area (Å²) in [6.07, 6.45) is -5.28. The molecule has 2 unspecified atom stereocenters. The number of hydrogen-bond acceptors (Lipinski definition) is 4. The first-order valence-corrected chi connectivity index (χ1v) is 7.74. The van der Waals surface area contributed by atoms with Crippen LogP contribution >= 0.6 is 12.2 Å². The lowest BCUT2D eigenvalue weighted by Gasteiger charge is -2.30. The zero-order chi connectivity index (χ0) is 22.7. The monoisotopic (exact) mass is 464 g/mol. The first kappa shape index (κ1) is 21.8. The second kappa shape index (κ2) is 7.41. The standard InChI is InChI=1S/C16H2F10O3S/c17-3-1(4(18)8(22)11(25)7(3)21)13-15(27)28-14(16(30)29-13)2-5(19)9(23)12(26)10(24)6(2)20/h13-14H. The Morgan fingerprint density at radius 3 is 1.17 bits per heavy atom. The zero-order valence-electron chi connectivity index (χ0n) is 13.6. The average Bonchev–Trinajstić information content (AvgIpc) is 2.71. The molecule has 3 rings (SSSR count). The van der Waals surface area contributed by atoms with Crippen LogP contribution in [0.25, 0.3) is 0 Å². The van der Waals surface area contributed by atoms with Gasteiger partial charge in [0.2, 0.25) is 28.9 Å². The third-order valence-electron chi connectivity index (χ3n) is 3.91. The van der Waals surface area contributed by atoms with Gasteiger partial charge in [-0.3, -0.25) is 0 Å². The third-order valence-corrected chi connectivity index (χ3v) is 4.22. The van der Waals surface area contributed by atoms with Gasteiger partial charge in [0.1, 0.15) is 0 Å². The van der Waals surface area contributed by atoms with Gasteiger partial charge < -0.3 is 9.47 Å². The highest BCUT2D eigenvalue weighted by molar-refractivity contribution is 7.80. The highest BCUT2D eigenvalue weighted by atomic mass is 32.1. The summed E-state index contributed by atoms with van der Waals surface area (Å²) in [6, 6.07) is 0. The van der Waals surface area contributed by atoms with Gasteiger partial charge in [-0.15, -0.1) is 0 Å². The van der Waals surface area contributed by atoms with Crippen LogP contribution in [0.15, 0.2) is 0 Å². The molecule has 2 atom stereocenters. The Morgan fingerprint density at radius 2 is 0.800 bits per heavy atom. The summed E-state index contributed by atoms with van der Waals surface area (Å²) in [5, 5.41) is -1.29. The van der Waals surface area contributed by atoms with E-state index in [-0.39, 0.29) is 0 Å². The average molecular weight is 464 g/mol. The molecule has 30 heavy (non-hydrogen) atoms. The Balaban J connectivity index is 2.08. The topological polar surface area (TPSA) is 35.5 Å². The lowest BCUT2D eigenvalue weighted by Crippen LogP contribution is -2.36. The van der Waals surface area contributed by atoms with Gasteiger partial charge >= 0.3 is 5.97 Å². The number of halogens is 10. The van der Waals surface area contributed by atoms with E-state index in [9.17, 15) is 48.7 Å². The normalized spacial score (nSPS) is 19.0. The van der Waals surface area contributed by atoms with Gasteiger partial charge in [-0.25, -0.2) is 48.7 Å². The number of esters is 1. The summed E-state index contributed by atoms with van der Waals surface area (Å²) in [6.45, 7) is 0. The van der Waals surface area contributed by atoms with E-state index in [1.54, 1.807) is 0 Å². The van der Waals surface area contributed by atoms with Crippen LogP contribution in [0.2, 0.25) is 0 Å². The van der Waals surface area contributed by atoms with E-state index in [0.717, 1.165) is 0 Å². The maximum atomic E-state index is 13.9. The molecule has 0 bridgehead atoms. The van der Waals surface area contributed by atoms with Gasteiger partial charge in [0.25, 0.3) is 0 Å². The molecule has 0 spiro atoms. The van der Waals surface area contributed by atoms with Crippen molar-refractivity contribution in [1.82, 2.24) is 0 Å². The minimum atomic E-state index is -2.72. The highest BCUT2D eigenvalue weighted by Gasteiger charge is 2.45. The van der Waals surface area contributed by atoms with Crippen molar-refractivity contribution in [3.8, 4) is 0 Å². The van der Waals surface area contributed by atoms with Crippen LogP contribution < -0.4 is 0 Å². The molecule has 1 saturated heterocycles. The van der Waals surface area contributed by atoms with Crippen molar-refractivity contribution >= 4 is 23.2 Å². The third kappa shape index (κ3) is 3.05. The lowest BCUT2D eigenvalue weighted by molar-refractivity contribution is -0.163. The first-order valence-electron chi connectivity index (χ1n) is 7.33. The van der Waals surface area contributed by atoms with Crippen LogP contribution in [0.4, 0.5) is 43.9 Å².